The van der Waals surface area contributed by atoms with Crippen LogP contribution in [-0.2, 0) is 23.9 Å². The number of rotatable bonds is 16. The van der Waals surface area contributed by atoms with Crippen LogP contribution in [-0.4, -0.2) is 130 Å². The van der Waals surface area contributed by atoms with Gasteiger partial charge in [0.2, 0.25) is 11.8 Å². The number of alkyl carbamates (subject to hydrolysis) is 1. The van der Waals surface area contributed by atoms with Crippen molar-refractivity contribution in [1.82, 2.24) is 30.4 Å². The Hall–Kier alpha value is -4.71. The molecule has 0 spiro atoms. The van der Waals surface area contributed by atoms with E-state index in [1.165, 1.54) is 22.3 Å². The number of morpholine rings is 1. The van der Waals surface area contributed by atoms with E-state index in [-0.39, 0.29) is 42.1 Å². The van der Waals surface area contributed by atoms with Gasteiger partial charge in [-0.15, -0.1) is 17.9 Å². The van der Waals surface area contributed by atoms with Gasteiger partial charge in [0.05, 0.1) is 31.0 Å². The third kappa shape index (κ3) is 10.0. The highest BCUT2D eigenvalue weighted by Crippen LogP contribution is 2.52. The molecule has 3 amide bonds. The van der Waals surface area contributed by atoms with Crippen molar-refractivity contribution in [2.45, 2.75) is 122 Å². The number of hydrogen-bond acceptors (Lipinski definition) is 13. The average molecular weight is 937 g/mol. The Labute approximate surface area is 389 Å². The average Bonchev–Trinajstić information content (AvgIpc) is 3.91. The van der Waals surface area contributed by atoms with Gasteiger partial charge in [-0.2, -0.15) is 0 Å². The minimum atomic E-state index is -1.54. The molecule has 8 rings (SSSR count). The molecule has 2 aromatic heterocycles. The summed E-state index contributed by atoms with van der Waals surface area (Å²) in [5, 5.41) is 22.6. The van der Waals surface area contributed by atoms with Crippen LogP contribution in [0.1, 0.15) is 80.6 Å². The van der Waals surface area contributed by atoms with Crippen LogP contribution in [0.4, 0.5) is 9.93 Å². The Morgan fingerprint density at radius 3 is 2.49 bits per heavy atom. The maximum atomic E-state index is 14.8. The van der Waals surface area contributed by atoms with E-state index in [0.29, 0.717) is 77.1 Å². The van der Waals surface area contributed by atoms with Crippen LogP contribution < -0.4 is 25.4 Å². The Kier molecular flexibility index (Phi) is 13.1. The SMILES string of the molecule is C=C[C@@H]1CC1(NC(=O)[C@@H]1CC(Oc2cc(-c3csc(NC(C)C)n3)nc3c(Cl)c(OCCN4CCOCC4(C)C)ccc23)CN1C(=O)[C@@H](NC(=O)OC1C[C@@H]2C[C@@H]2C1)C(C)(C)C)C(=O)O. The number of benzene rings is 1. The summed E-state index contributed by atoms with van der Waals surface area (Å²) in [5.74, 6) is -0.805. The fourth-order valence-corrected chi connectivity index (χ4v) is 10.7. The van der Waals surface area contributed by atoms with E-state index in [1.807, 2.05) is 46.1 Å². The molecule has 0 radical (unpaired) electrons. The molecule has 352 valence electrons. The minimum absolute atomic E-state index is 0.0172. The summed E-state index contributed by atoms with van der Waals surface area (Å²) in [5.41, 5.74) is -0.994. The number of fused-ring (bicyclic) bond motifs is 2. The first-order chi connectivity index (χ1) is 30.8. The molecule has 0 bridgehead atoms. The number of pyridine rings is 1. The minimum Gasteiger partial charge on any atom is -0.491 e. The molecule has 16 nitrogen and oxygen atoms in total. The number of nitrogens with zero attached hydrogens (tertiary/aromatic N) is 4. The molecule has 2 aliphatic heterocycles. The molecule has 18 heteroatoms. The number of likely N-dealkylation sites (tertiary alicyclic amines) is 1. The first-order valence-electron chi connectivity index (χ1n) is 22.7. The summed E-state index contributed by atoms with van der Waals surface area (Å²) in [7, 11) is 0. The molecule has 3 unspecified atom stereocenters. The monoisotopic (exact) mass is 935 g/mol. The zero-order valence-electron chi connectivity index (χ0n) is 38.3. The fraction of sp³-hybridized carbons (Fsp3) is 0.617. The van der Waals surface area contributed by atoms with Gasteiger partial charge in [-0.25, -0.2) is 19.6 Å². The van der Waals surface area contributed by atoms with E-state index in [4.69, 9.17) is 40.5 Å². The molecular weight excluding hydrogens is 874 g/mol. The van der Waals surface area contributed by atoms with Crippen LogP contribution in [0.2, 0.25) is 5.02 Å². The number of carbonyl (C=O) groups is 4. The van der Waals surface area contributed by atoms with Gasteiger partial charge in [0.1, 0.15) is 58.7 Å². The molecule has 3 saturated carbocycles. The molecule has 1 aromatic carbocycles. The van der Waals surface area contributed by atoms with Crippen molar-refractivity contribution in [2.24, 2.45) is 23.2 Å². The smallest absolute Gasteiger partial charge is 0.408 e. The van der Waals surface area contributed by atoms with E-state index in [2.05, 4.69) is 41.3 Å². The number of hydrogen-bond donors (Lipinski definition) is 4. The standard InChI is InChI=1S/C47H62ClN7O9S/c1-9-28-21-47(28,42(58)59)53-40(56)34-19-30(22-55(34)41(57)39(45(4,5)6)52-44(60)64-29-17-26-16-27(26)18-29)63-36-20-32(33-23-65-43(51-33)49-25(2)3)50-38-31(36)10-11-35(37(38)48)62-15-13-54-12-14-61-24-46(54,7)8/h9-11,20,23,25-30,34,39H,1,12-19,21-22,24H2,2-8H3,(H,49,51)(H,52,60)(H,53,56)(H,58,59)/t26-,27+,28-,29?,30?,34+,39-,47?/m1/s1. The highest BCUT2D eigenvalue weighted by molar-refractivity contribution is 7.14. The predicted molar refractivity (Wildman–Crippen MR) is 247 cm³/mol. The number of halogens is 1. The first kappa shape index (κ1) is 46.8. The number of carboxylic acid groups (broad SMARTS) is 1. The molecule has 4 N–H and O–H groups in total. The maximum Gasteiger partial charge on any atom is 0.408 e. The quantitative estimate of drug-likeness (QED) is 0.110. The van der Waals surface area contributed by atoms with Crippen molar-refractivity contribution < 1.29 is 43.2 Å². The summed E-state index contributed by atoms with van der Waals surface area (Å²) in [6.07, 6.45) is 2.84. The molecule has 8 atom stereocenters. The number of aliphatic carboxylic acids is 1. The lowest BCUT2D eigenvalue weighted by Gasteiger charge is -2.41. The van der Waals surface area contributed by atoms with Gasteiger partial charge in [0, 0.05) is 53.8 Å². The molecule has 65 heavy (non-hydrogen) atoms. The van der Waals surface area contributed by atoms with Crippen molar-refractivity contribution >= 4 is 62.8 Å². The van der Waals surface area contributed by atoms with Gasteiger partial charge in [-0.3, -0.25) is 14.5 Å². The highest BCUT2D eigenvalue weighted by Gasteiger charge is 2.61. The highest BCUT2D eigenvalue weighted by atomic mass is 35.5. The molecule has 3 aliphatic carbocycles. The van der Waals surface area contributed by atoms with Gasteiger partial charge in [-0.05, 0) is 82.8 Å². The van der Waals surface area contributed by atoms with E-state index >= 15 is 0 Å². The normalized spacial score (nSPS) is 27.4. The summed E-state index contributed by atoms with van der Waals surface area (Å²) < 4.78 is 24.6. The molecule has 2 saturated heterocycles. The number of thiazole rings is 1. The second-order valence-electron chi connectivity index (χ2n) is 20.3. The Morgan fingerprint density at radius 1 is 1.08 bits per heavy atom. The number of aromatic nitrogens is 2. The lowest BCUT2D eigenvalue weighted by Crippen LogP contribution is -2.59. The van der Waals surface area contributed by atoms with Crippen LogP contribution in [0.3, 0.4) is 0 Å². The lowest BCUT2D eigenvalue weighted by atomic mass is 9.85. The van der Waals surface area contributed by atoms with Gasteiger partial charge < -0.3 is 44.9 Å². The van der Waals surface area contributed by atoms with Crippen LogP contribution >= 0.6 is 22.9 Å². The van der Waals surface area contributed by atoms with E-state index < -0.39 is 58.9 Å². The van der Waals surface area contributed by atoms with Gasteiger partial charge in [-0.1, -0.05) is 38.4 Å². The zero-order valence-corrected chi connectivity index (χ0v) is 39.9. The van der Waals surface area contributed by atoms with Crippen molar-refractivity contribution in [1.29, 1.82) is 0 Å². The molecule has 4 heterocycles. The zero-order chi connectivity index (χ0) is 46.6. The van der Waals surface area contributed by atoms with Crippen molar-refractivity contribution in [3.8, 4) is 22.9 Å². The van der Waals surface area contributed by atoms with Crippen LogP contribution in [0.5, 0.6) is 11.5 Å². The second-order valence-corrected chi connectivity index (χ2v) is 21.5. The maximum absolute atomic E-state index is 14.8. The number of carboxylic acids is 1. The number of ether oxygens (including phenoxy) is 4. The Bertz CT molecular complexity index is 2330. The molecule has 5 aliphatic rings. The summed E-state index contributed by atoms with van der Waals surface area (Å²) in [6.45, 7) is 20.6. The van der Waals surface area contributed by atoms with Crippen molar-refractivity contribution in [3.05, 3.63) is 41.3 Å². The van der Waals surface area contributed by atoms with E-state index in [1.54, 1.807) is 12.1 Å². The fourth-order valence-electron chi connectivity index (χ4n) is 9.57. The second kappa shape index (κ2) is 18.2. The third-order valence-corrected chi connectivity index (χ3v) is 14.6. The first-order valence-corrected chi connectivity index (χ1v) is 24.0. The molecule has 3 aromatic rings. The lowest BCUT2D eigenvalue weighted by molar-refractivity contribution is -0.146. The van der Waals surface area contributed by atoms with Crippen LogP contribution in [0.25, 0.3) is 22.3 Å². The topological polar surface area (TPSA) is 194 Å². The number of anilines is 1. The number of nitrogens with one attached hydrogen (secondary N) is 3. The Morgan fingerprint density at radius 2 is 1.83 bits per heavy atom. The van der Waals surface area contributed by atoms with Crippen LogP contribution in [0, 0.1) is 23.2 Å². The largest absolute Gasteiger partial charge is 0.491 e. The summed E-state index contributed by atoms with van der Waals surface area (Å²) >= 11 is 8.60. The number of amides is 3. The Balaban J connectivity index is 1.09. The van der Waals surface area contributed by atoms with Gasteiger partial charge >= 0.3 is 12.1 Å². The molecule has 5 fully saturated rings. The summed E-state index contributed by atoms with van der Waals surface area (Å²) in [4.78, 5) is 68.6. The van der Waals surface area contributed by atoms with Crippen LogP contribution in [0.15, 0.2) is 36.2 Å². The van der Waals surface area contributed by atoms with E-state index in [9.17, 15) is 24.3 Å². The van der Waals surface area contributed by atoms with Crippen molar-refractivity contribution in [3.63, 3.8) is 0 Å². The third-order valence-electron chi connectivity index (χ3n) is 13.5. The van der Waals surface area contributed by atoms with Gasteiger partial charge in [0.25, 0.3) is 0 Å². The number of carbonyl (C=O) groups excluding carboxylic acids is 3. The van der Waals surface area contributed by atoms with Crippen molar-refractivity contribution in [2.75, 3.05) is 44.8 Å². The van der Waals surface area contributed by atoms with Gasteiger partial charge in [0.15, 0.2) is 5.13 Å². The molecular formula is C47H62ClN7O9S. The summed E-state index contributed by atoms with van der Waals surface area (Å²) in [6, 6.07) is 3.30. The van der Waals surface area contributed by atoms with E-state index in [0.717, 1.165) is 25.8 Å². The predicted octanol–water partition coefficient (Wildman–Crippen LogP) is 6.75.